The smallest absolute Gasteiger partial charge is 0.270 e. The third kappa shape index (κ3) is 3.85. The van der Waals surface area contributed by atoms with Crippen LogP contribution in [0.15, 0.2) is 24.8 Å². The summed E-state index contributed by atoms with van der Waals surface area (Å²) in [5.74, 6) is 1.28. The molecule has 1 aliphatic carbocycles. The second-order valence-corrected chi connectivity index (χ2v) is 7.07. The van der Waals surface area contributed by atoms with E-state index < -0.39 is 0 Å². The second kappa shape index (κ2) is 7.41. The maximum Gasteiger partial charge on any atom is 0.270 e. The molecule has 0 aromatic carbocycles. The number of rotatable bonds is 5. The van der Waals surface area contributed by atoms with Crippen molar-refractivity contribution in [3.05, 3.63) is 30.5 Å². The lowest BCUT2D eigenvalue weighted by molar-refractivity contribution is -0.0813. The van der Waals surface area contributed by atoms with Crippen LogP contribution >= 0.6 is 0 Å². The average molecular weight is 357 g/mol. The monoisotopic (exact) mass is 357 g/mol. The van der Waals surface area contributed by atoms with E-state index >= 15 is 0 Å². The van der Waals surface area contributed by atoms with Gasteiger partial charge in [-0.15, -0.1) is 0 Å². The number of hydrogen-bond donors (Lipinski definition) is 1. The molecule has 2 aliphatic rings. The Hall–Kier alpha value is -2.48. The van der Waals surface area contributed by atoms with Crippen molar-refractivity contribution in [3.8, 4) is 11.8 Å². The van der Waals surface area contributed by atoms with E-state index in [2.05, 4.69) is 27.2 Å². The van der Waals surface area contributed by atoms with Crippen molar-refractivity contribution < 1.29 is 14.3 Å². The molecule has 0 radical (unpaired) electrons. The van der Waals surface area contributed by atoms with Crippen LogP contribution in [0.2, 0.25) is 0 Å². The molecule has 26 heavy (non-hydrogen) atoms. The van der Waals surface area contributed by atoms with Gasteiger partial charge in [-0.25, -0.2) is 9.97 Å². The predicted octanol–water partition coefficient (Wildman–Crippen LogP) is 1.75. The SMILES string of the molecule is CC1CCC(NC(=O)c2cc(OC3COC3)nc(-n3ccnc3)n2)CC1. The number of carbonyl (C=O) groups is 1. The molecule has 1 N–H and O–H groups in total. The van der Waals surface area contributed by atoms with E-state index in [0.717, 1.165) is 31.6 Å². The molecule has 2 fully saturated rings. The van der Waals surface area contributed by atoms with Crippen molar-refractivity contribution >= 4 is 5.91 Å². The highest BCUT2D eigenvalue weighted by Gasteiger charge is 2.24. The Kier molecular flexibility index (Phi) is 4.83. The lowest BCUT2D eigenvalue weighted by Gasteiger charge is -2.27. The van der Waals surface area contributed by atoms with Crippen LogP contribution in [0.5, 0.6) is 5.88 Å². The third-order valence-electron chi connectivity index (χ3n) is 4.90. The highest BCUT2D eigenvalue weighted by Crippen LogP contribution is 2.24. The first kappa shape index (κ1) is 17.0. The Morgan fingerprint density at radius 2 is 2.08 bits per heavy atom. The van der Waals surface area contributed by atoms with Gasteiger partial charge in [0.15, 0.2) is 0 Å². The van der Waals surface area contributed by atoms with Gasteiger partial charge >= 0.3 is 0 Å². The molecule has 2 aromatic rings. The largest absolute Gasteiger partial charge is 0.469 e. The Balaban J connectivity index is 1.54. The van der Waals surface area contributed by atoms with Crippen LogP contribution in [0.3, 0.4) is 0 Å². The Labute approximate surface area is 152 Å². The van der Waals surface area contributed by atoms with Crippen molar-refractivity contribution in [2.24, 2.45) is 5.92 Å². The zero-order valence-corrected chi connectivity index (χ0v) is 14.8. The molecule has 8 heteroatoms. The Morgan fingerprint density at radius 1 is 1.27 bits per heavy atom. The molecule has 138 valence electrons. The van der Waals surface area contributed by atoms with Crippen LogP contribution in [-0.2, 0) is 4.74 Å². The number of hydrogen-bond acceptors (Lipinski definition) is 6. The fourth-order valence-electron chi connectivity index (χ4n) is 3.20. The number of nitrogens with zero attached hydrogens (tertiary/aromatic N) is 4. The standard InChI is InChI=1S/C18H23N5O3/c1-12-2-4-13(5-3-12)20-17(24)15-8-16(26-14-9-25-10-14)22-18(21-15)23-7-6-19-11-23/h6-8,11-14H,2-5,9-10H2,1H3,(H,20,24). The van der Waals surface area contributed by atoms with Crippen molar-refractivity contribution in [2.45, 2.75) is 44.8 Å². The van der Waals surface area contributed by atoms with Crippen molar-refractivity contribution in [1.29, 1.82) is 0 Å². The highest BCUT2D eigenvalue weighted by molar-refractivity contribution is 5.92. The summed E-state index contributed by atoms with van der Waals surface area (Å²) in [4.78, 5) is 25.5. The first-order valence-corrected chi connectivity index (χ1v) is 9.10. The van der Waals surface area contributed by atoms with Crippen LogP contribution in [-0.4, -0.2) is 50.8 Å². The van der Waals surface area contributed by atoms with Gasteiger partial charge < -0.3 is 14.8 Å². The Morgan fingerprint density at radius 3 is 2.73 bits per heavy atom. The third-order valence-corrected chi connectivity index (χ3v) is 4.90. The summed E-state index contributed by atoms with van der Waals surface area (Å²) >= 11 is 0. The van der Waals surface area contributed by atoms with Crippen LogP contribution in [0.4, 0.5) is 0 Å². The van der Waals surface area contributed by atoms with Gasteiger partial charge in [0, 0.05) is 24.5 Å². The zero-order chi connectivity index (χ0) is 17.9. The molecule has 3 heterocycles. The number of amides is 1. The van der Waals surface area contributed by atoms with E-state index in [1.54, 1.807) is 29.4 Å². The predicted molar refractivity (Wildman–Crippen MR) is 93.3 cm³/mol. The zero-order valence-electron chi connectivity index (χ0n) is 14.8. The van der Waals surface area contributed by atoms with Crippen molar-refractivity contribution in [2.75, 3.05) is 13.2 Å². The van der Waals surface area contributed by atoms with Crippen LogP contribution < -0.4 is 10.1 Å². The average Bonchev–Trinajstić information content (AvgIpc) is 3.15. The minimum absolute atomic E-state index is 0.0312. The van der Waals surface area contributed by atoms with E-state index in [4.69, 9.17) is 9.47 Å². The van der Waals surface area contributed by atoms with E-state index in [0.29, 0.717) is 30.7 Å². The van der Waals surface area contributed by atoms with Crippen molar-refractivity contribution in [1.82, 2.24) is 24.8 Å². The van der Waals surface area contributed by atoms with E-state index in [9.17, 15) is 4.79 Å². The van der Waals surface area contributed by atoms with Crippen LogP contribution in [0.1, 0.15) is 43.1 Å². The van der Waals surface area contributed by atoms with Gasteiger partial charge in [-0.2, -0.15) is 4.98 Å². The minimum atomic E-state index is -0.192. The number of aromatic nitrogens is 4. The second-order valence-electron chi connectivity index (χ2n) is 7.07. The molecule has 1 aliphatic heterocycles. The summed E-state index contributed by atoms with van der Waals surface area (Å²) in [5, 5.41) is 3.10. The summed E-state index contributed by atoms with van der Waals surface area (Å²) < 4.78 is 12.6. The van der Waals surface area contributed by atoms with E-state index in [1.165, 1.54) is 0 Å². The van der Waals surface area contributed by atoms with Gasteiger partial charge in [0.05, 0.1) is 13.2 Å². The van der Waals surface area contributed by atoms with Crippen LogP contribution in [0.25, 0.3) is 5.95 Å². The Bertz CT molecular complexity index is 752. The molecular weight excluding hydrogens is 334 g/mol. The van der Waals surface area contributed by atoms with Crippen LogP contribution in [0, 0.1) is 5.92 Å². The van der Waals surface area contributed by atoms with Gasteiger partial charge in [-0.3, -0.25) is 9.36 Å². The summed E-state index contributed by atoms with van der Waals surface area (Å²) in [7, 11) is 0. The fraction of sp³-hybridized carbons (Fsp3) is 0.556. The minimum Gasteiger partial charge on any atom is -0.469 e. The first-order chi connectivity index (χ1) is 12.7. The molecule has 4 rings (SSSR count). The molecule has 0 atom stereocenters. The number of nitrogens with one attached hydrogen (secondary N) is 1. The number of carbonyl (C=O) groups excluding carboxylic acids is 1. The molecule has 1 amide bonds. The normalized spacial score (nSPS) is 23.3. The molecule has 8 nitrogen and oxygen atoms in total. The maximum atomic E-state index is 12.7. The lowest BCUT2D eigenvalue weighted by atomic mass is 9.87. The molecule has 0 spiro atoms. The highest BCUT2D eigenvalue weighted by atomic mass is 16.6. The maximum absolute atomic E-state index is 12.7. The summed E-state index contributed by atoms with van der Waals surface area (Å²) in [6, 6.07) is 1.80. The topological polar surface area (TPSA) is 91.2 Å². The summed E-state index contributed by atoms with van der Waals surface area (Å²) in [6.45, 7) is 3.33. The quantitative estimate of drug-likeness (QED) is 0.877. The molecule has 2 aromatic heterocycles. The molecule has 1 saturated heterocycles. The van der Waals surface area contributed by atoms with Gasteiger partial charge in [-0.05, 0) is 31.6 Å². The molecule has 0 bridgehead atoms. The lowest BCUT2D eigenvalue weighted by Crippen LogP contribution is -2.39. The van der Waals surface area contributed by atoms with Gasteiger partial charge in [0.25, 0.3) is 5.91 Å². The number of imidazole rings is 1. The van der Waals surface area contributed by atoms with E-state index in [-0.39, 0.29) is 18.1 Å². The summed E-state index contributed by atoms with van der Waals surface area (Å²) in [5.41, 5.74) is 0.303. The van der Waals surface area contributed by atoms with Gasteiger partial charge in [-0.1, -0.05) is 6.92 Å². The molecular formula is C18H23N5O3. The van der Waals surface area contributed by atoms with E-state index in [1.807, 2.05) is 0 Å². The first-order valence-electron chi connectivity index (χ1n) is 9.10. The summed E-state index contributed by atoms with van der Waals surface area (Å²) in [6.07, 6.45) is 9.24. The van der Waals surface area contributed by atoms with Gasteiger partial charge in [0.1, 0.15) is 18.1 Å². The molecule has 0 unspecified atom stereocenters. The van der Waals surface area contributed by atoms with Gasteiger partial charge in [0.2, 0.25) is 11.8 Å². The fourth-order valence-corrected chi connectivity index (χ4v) is 3.20. The number of ether oxygens (including phenoxy) is 2. The van der Waals surface area contributed by atoms with Crippen molar-refractivity contribution in [3.63, 3.8) is 0 Å². The molecule has 1 saturated carbocycles.